The number of benzene rings is 1. The Balaban J connectivity index is 0.00000225. The number of rotatable bonds is 3. The van der Waals surface area contributed by atoms with Crippen LogP contribution in [0.4, 0.5) is 0 Å². The summed E-state index contributed by atoms with van der Waals surface area (Å²) >= 11 is 1.66. The lowest BCUT2D eigenvalue weighted by molar-refractivity contribution is 0.0694. The fraction of sp³-hybridized carbons (Fsp3) is 0.444. The Morgan fingerprint density at radius 2 is 2.16 bits per heavy atom. The van der Waals surface area contributed by atoms with Gasteiger partial charge in [-0.3, -0.25) is 4.99 Å². The van der Waals surface area contributed by atoms with E-state index >= 15 is 0 Å². The number of thiazole rings is 1. The van der Waals surface area contributed by atoms with Crippen LogP contribution in [0.2, 0.25) is 0 Å². The molecule has 0 aliphatic carbocycles. The Hall–Kier alpha value is -1.35. The van der Waals surface area contributed by atoms with Gasteiger partial charge in [0.25, 0.3) is 0 Å². The Bertz CT molecular complexity index is 744. The maximum atomic E-state index is 6.09. The lowest BCUT2D eigenvalue weighted by atomic mass is 9.90. The van der Waals surface area contributed by atoms with Crippen molar-refractivity contribution in [1.29, 1.82) is 0 Å². The molecule has 25 heavy (non-hydrogen) atoms. The van der Waals surface area contributed by atoms with Gasteiger partial charge in [-0.15, -0.1) is 35.3 Å². The molecule has 1 aromatic carbocycles. The molecule has 1 unspecified atom stereocenters. The fourth-order valence-corrected chi connectivity index (χ4v) is 3.65. The van der Waals surface area contributed by atoms with Gasteiger partial charge in [0.15, 0.2) is 5.96 Å². The van der Waals surface area contributed by atoms with Crippen LogP contribution in [0, 0.1) is 6.92 Å². The summed E-state index contributed by atoms with van der Waals surface area (Å²) in [6, 6.07) is 8.35. The number of nitrogens with one attached hydrogen (secondary N) is 2. The first-order valence-electron chi connectivity index (χ1n) is 8.13. The molecule has 5 nitrogen and oxygen atoms in total. The first-order valence-corrected chi connectivity index (χ1v) is 9.01. The van der Waals surface area contributed by atoms with E-state index in [0.29, 0.717) is 6.54 Å². The summed E-state index contributed by atoms with van der Waals surface area (Å²) in [6.45, 7) is 6.92. The van der Waals surface area contributed by atoms with E-state index in [0.717, 1.165) is 28.8 Å². The molecule has 136 valence electrons. The monoisotopic (exact) mass is 472 g/mol. The van der Waals surface area contributed by atoms with E-state index in [2.05, 4.69) is 45.9 Å². The Morgan fingerprint density at radius 1 is 1.40 bits per heavy atom. The molecule has 0 saturated heterocycles. The lowest BCUT2D eigenvalue weighted by Gasteiger charge is -2.38. The molecule has 1 aliphatic heterocycles. The molecular weight excluding hydrogens is 447 g/mol. The van der Waals surface area contributed by atoms with Gasteiger partial charge in [0.2, 0.25) is 0 Å². The van der Waals surface area contributed by atoms with E-state index in [-0.39, 0.29) is 35.6 Å². The number of nitrogens with zero attached hydrogens (tertiary/aromatic N) is 2. The minimum Gasteiger partial charge on any atom is -0.487 e. The summed E-state index contributed by atoms with van der Waals surface area (Å²) in [5.41, 5.74) is 2.02. The van der Waals surface area contributed by atoms with Crippen molar-refractivity contribution in [2.24, 2.45) is 4.99 Å². The van der Waals surface area contributed by atoms with Crippen molar-refractivity contribution in [3.8, 4) is 5.75 Å². The molecule has 1 aromatic heterocycles. The molecule has 0 fully saturated rings. The number of fused-ring (bicyclic) bond motifs is 1. The van der Waals surface area contributed by atoms with E-state index in [1.54, 1.807) is 18.4 Å². The van der Waals surface area contributed by atoms with Crippen LogP contribution in [0.5, 0.6) is 5.75 Å². The van der Waals surface area contributed by atoms with Crippen molar-refractivity contribution in [2.45, 2.75) is 45.4 Å². The SMILES string of the molecule is CN=C(NCc1nc(C)cs1)NC1CC(C)(C)Oc2ccccc21.I. The highest BCUT2D eigenvalue weighted by Gasteiger charge is 2.33. The number of para-hydroxylation sites is 1. The number of hydrogen-bond acceptors (Lipinski definition) is 4. The second kappa shape index (κ2) is 8.35. The third-order valence-corrected chi connectivity index (χ3v) is 4.95. The zero-order chi connectivity index (χ0) is 17.2. The quantitative estimate of drug-likeness (QED) is 0.402. The van der Waals surface area contributed by atoms with Gasteiger partial charge in [0.1, 0.15) is 16.4 Å². The van der Waals surface area contributed by atoms with Gasteiger partial charge in [0, 0.05) is 30.1 Å². The number of hydrogen-bond donors (Lipinski definition) is 2. The van der Waals surface area contributed by atoms with E-state index in [4.69, 9.17) is 4.74 Å². The van der Waals surface area contributed by atoms with Crippen LogP contribution in [0.1, 0.15) is 42.6 Å². The van der Waals surface area contributed by atoms with Crippen LogP contribution in [-0.2, 0) is 6.54 Å². The minimum atomic E-state index is -0.211. The second-order valence-corrected chi connectivity index (χ2v) is 7.55. The van der Waals surface area contributed by atoms with Crippen LogP contribution >= 0.6 is 35.3 Å². The summed E-state index contributed by atoms with van der Waals surface area (Å²) in [7, 11) is 1.79. The van der Waals surface area contributed by atoms with Gasteiger partial charge in [-0.1, -0.05) is 18.2 Å². The third kappa shape index (κ3) is 5.07. The predicted molar refractivity (Wildman–Crippen MR) is 114 cm³/mol. The first kappa shape index (κ1) is 20.0. The highest BCUT2D eigenvalue weighted by molar-refractivity contribution is 14.0. The molecular formula is C18H25IN4OS. The lowest BCUT2D eigenvalue weighted by Crippen LogP contribution is -2.45. The van der Waals surface area contributed by atoms with Crippen molar-refractivity contribution in [1.82, 2.24) is 15.6 Å². The van der Waals surface area contributed by atoms with Crippen molar-refractivity contribution in [3.63, 3.8) is 0 Å². The molecule has 3 rings (SSSR count). The number of halogens is 1. The largest absolute Gasteiger partial charge is 0.487 e. The van der Waals surface area contributed by atoms with Crippen LogP contribution in [0.25, 0.3) is 0 Å². The topological polar surface area (TPSA) is 58.5 Å². The molecule has 0 radical (unpaired) electrons. The number of ether oxygens (including phenoxy) is 1. The number of guanidine groups is 1. The Kier molecular flexibility index (Phi) is 6.67. The van der Waals surface area contributed by atoms with Crippen LogP contribution in [0.3, 0.4) is 0 Å². The van der Waals surface area contributed by atoms with Crippen LogP contribution < -0.4 is 15.4 Å². The van der Waals surface area contributed by atoms with Crippen molar-refractivity contribution >= 4 is 41.3 Å². The fourth-order valence-electron chi connectivity index (χ4n) is 2.93. The standard InChI is InChI=1S/C18H24N4OS.HI/c1-12-11-24-16(21-12)10-20-17(19-4)22-14-9-18(2,3)23-15-8-6-5-7-13(14)15;/h5-8,11,14H,9-10H2,1-4H3,(H2,19,20,22);1H. The number of aryl methyl sites for hydroxylation is 1. The maximum absolute atomic E-state index is 6.09. The molecule has 0 saturated carbocycles. The maximum Gasteiger partial charge on any atom is 0.191 e. The van der Waals surface area contributed by atoms with Gasteiger partial charge in [-0.2, -0.15) is 0 Å². The summed E-state index contributed by atoms with van der Waals surface area (Å²) in [4.78, 5) is 8.83. The minimum absolute atomic E-state index is 0. The van der Waals surface area contributed by atoms with Gasteiger partial charge in [0.05, 0.1) is 12.6 Å². The highest BCUT2D eigenvalue weighted by atomic mass is 127. The van der Waals surface area contributed by atoms with E-state index in [1.807, 2.05) is 25.1 Å². The Morgan fingerprint density at radius 3 is 2.84 bits per heavy atom. The van der Waals surface area contributed by atoms with Gasteiger partial charge in [-0.25, -0.2) is 4.98 Å². The number of aromatic nitrogens is 1. The highest BCUT2D eigenvalue weighted by Crippen LogP contribution is 2.39. The van der Waals surface area contributed by atoms with Crippen LogP contribution in [0.15, 0.2) is 34.6 Å². The third-order valence-electron chi connectivity index (χ3n) is 3.98. The van der Waals surface area contributed by atoms with Crippen molar-refractivity contribution in [2.75, 3.05) is 7.05 Å². The second-order valence-electron chi connectivity index (χ2n) is 6.61. The summed E-state index contributed by atoms with van der Waals surface area (Å²) < 4.78 is 6.09. The molecule has 2 heterocycles. The van der Waals surface area contributed by atoms with Crippen molar-refractivity contribution in [3.05, 3.63) is 45.9 Å². The molecule has 1 aliphatic rings. The van der Waals surface area contributed by atoms with Gasteiger partial charge < -0.3 is 15.4 Å². The van der Waals surface area contributed by atoms with Gasteiger partial charge in [-0.05, 0) is 26.8 Å². The van der Waals surface area contributed by atoms with Gasteiger partial charge >= 0.3 is 0 Å². The molecule has 2 N–H and O–H groups in total. The normalized spacial score (nSPS) is 18.6. The number of aliphatic imine (C=N–C) groups is 1. The predicted octanol–water partition coefficient (Wildman–Crippen LogP) is 4.04. The summed E-state index contributed by atoms with van der Waals surface area (Å²) in [6.07, 6.45) is 0.876. The molecule has 2 aromatic rings. The van der Waals surface area contributed by atoms with Crippen molar-refractivity contribution < 1.29 is 4.74 Å². The van der Waals surface area contributed by atoms with E-state index in [1.165, 1.54) is 5.56 Å². The van der Waals surface area contributed by atoms with E-state index in [9.17, 15) is 0 Å². The Labute approximate surface area is 170 Å². The molecule has 0 amide bonds. The molecule has 0 bridgehead atoms. The van der Waals surface area contributed by atoms with E-state index < -0.39 is 0 Å². The zero-order valence-corrected chi connectivity index (χ0v) is 18.1. The average Bonchev–Trinajstić information content (AvgIpc) is 2.95. The molecule has 7 heteroatoms. The molecule has 1 atom stereocenters. The summed E-state index contributed by atoms with van der Waals surface area (Å²) in [5, 5.41) is 10.00. The first-order chi connectivity index (χ1) is 11.5. The molecule has 0 spiro atoms. The smallest absolute Gasteiger partial charge is 0.191 e. The zero-order valence-electron chi connectivity index (χ0n) is 15.0. The van der Waals surface area contributed by atoms with Crippen LogP contribution in [-0.4, -0.2) is 23.6 Å². The summed E-state index contributed by atoms with van der Waals surface area (Å²) in [5.74, 6) is 1.72. The average molecular weight is 472 g/mol.